The van der Waals surface area contributed by atoms with E-state index in [1.54, 1.807) is 11.3 Å². The van der Waals surface area contributed by atoms with Crippen LogP contribution in [0.2, 0.25) is 0 Å². The molecule has 1 saturated heterocycles. The lowest BCUT2D eigenvalue weighted by Gasteiger charge is -2.47. The highest BCUT2D eigenvalue weighted by Gasteiger charge is 2.41. The molecule has 2 saturated carbocycles. The summed E-state index contributed by atoms with van der Waals surface area (Å²) in [6.07, 6.45) is 13.7. The van der Waals surface area contributed by atoms with Gasteiger partial charge >= 0.3 is 0 Å². The predicted molar refractivity (Wildman–Crippen MR) is 134 cm³/mol. The van der Waals surface area contributed by atoms with E-state index in [1.807, 2.05) is 12.3 Å². The molecule has 0 unspecified atom stereocenters. The summed E-state index contributed by atoms with van der Waals surface area (Å²) in [4.78, 5) is 10.2. The fourth-order valence-corrected chi connectivity index (χ4v) is 7.12. The summed E-state index contributed by atoms with van der Waals surface area (Å²) < 4.78 is 0. The van der Waals surface area contributed by atoms with Crippen LogP contribution in [0.25, 0.3) is 5.57 Å². The van der Waals surface area contributed by atoms with Crippen LogP contribution in [0.15, 0.2) is 41.7 Å². The Kier molecular flexibility index (Phi) is 5.99. The summed E-state index contributed by atoms with van der Waals surface area (Å²) in [7, 11) is 0. The van der Waals surface area contributed by atoms with Gasteiger partial charge in [-0.1, -0.05) is 39.8 Å². The third-order valence-corrected chi connectivity index (χ3v) is 8.25. The fraction of sp³-hybridized carbons (Fsp3) is 0.690. The lowest BCUT2D eigenvalue weighted by atomic mass is 9.59. The normalized spacial score (nSPS) is 26.9. The number of piperazine rings is 1. The topological polar surface area (TPSA) is 19.4 Å². The molecule has 0 amide bonds. The Bertz CT molecular complexity index is 851. The third-order valence-electron chi connectivity index (χ3n) is 8.25. The molecule has 0 spiro atoms. The van der Waals surface area contributed by atoms with Crippen LogP contribution in [-0.2, 0) is 0 Å². The molecule has 0 aromatic carbocycles. The van der Waals surface area contributed by atoms with Crippen LogP contribution in [0.3, 0.4) is 0 Å². The minimum Gasteiger partial charge on any atom is -0.372 e. The summed E-state index contributed by atoms with van der Waals surface area (Å²) in [6, 6.07) is 6.36. The maximum Gasteiger partial charge on any atom is 0.0661 e. The molecule has 4 aliphatic rings. The zero-order valence-electron chi connectivity index (χ0n) is 20.9. The zero-order valence-corrected chi connectivity index (χ0v) is 20.9. The number of nitrogens with zero attached hydrogens (tertiary/aromatic N) is 3. The molecule has 0 atom stereocenters. The molecule has 3 aliphatic carbocycles. The fourth-order valence-electron chi connectivity index (χ4n) is 7.12. The first kappa shape index (κ1) is 22.2. The van der Waals surface area contributed by atoms with Crippen LogP contribution >= 0.6 is 0 Å². The number of hydrogen-bond acceptors (Lipinski definition) is 3. The highest BCUT2D eigenvalue weighted by Crippen LogP contribution is 2.52. The van der Waals surface area contributed by atoms with Gasteiger partial charge in [0.2, 0.25) is 0 Å². The number of rotatable bonds is 5. The predicted octanol–water partition coefficient (Wildman–Crippen LogP) is 6.39. The van der Waals surface area contributed by atoms with Gasteiger partial charge < -0.3 is 4.90 Å². The first-order valence-corrected chi connectivity index (χ1v) is 13.1. The molecule has 174 valence electrons. The highest BCUT2D eigenvalue weighted by atomic mass is 15.3. The van der Waals surface area contributed by atoms with Crippen molar-refractivity contribution in [1.82, 2.24) is 14.8 Å². The van der Waals surface area contributed by atoms with Crippen molar-refractivity contribution >= 4 is 5.57 Å². The third kappa shape index (κ3) is 5.14. The lowest BCUT2D eigenvalue weighted by molar-refractivity contribution is 0.0804. The molecular formula is C29H43N3. The lowest BCUT2D eigenvalue weighted by Crippen LogP contribution is -2.47. The van der Waals surface area contributed by atoms with Gasteiger partial charge in [-0.2, -0.15) is 0 Å². The Labute approximate surface area is 196 Å². The van der Waals surface area contributed by atoms with Crippen LogP contribution in [0.5, 0.6) is 0 Å². The second-order valence-electron chi connectivity index (χ2n) is 12.6. The molecule has 5 rings (SSSR count). The maximum absolute atomic E-state index is 4.71. The van der Waals surface area contributed by atoms with E-state index in [-0.39, 0.29) is 0 Å². The quantitative estimate of drug-likeness (QED) is 0.536. The van der Waals surface area contributed by atoms with E-state index in [2.05, 4.69) is 55.7 Å². The largest absolute Gasteiger partial charge is 0.372 e. The Balaban J connectivity index is 1.44. The second-order valence-corrected chi connectivity index (χ2v) is 12.6. The molecular weight excluding hydrogens is 390 g/mol. The molecule has 3 nitrogen and oxygen atoms in total. The molecule has 1 aromatic heterocycles. The van der Waals surface area contributed by atoms with Crippen LogP contribution in [-0.4, -0.2) is 47.5 Å². The summed E-state index contributed by atoms with van der Waals surface area (Å²) in [5.41, 5.74) is 6.74. The number of aromatic nitrogens is 1. The van der Waals surface area contributed by atoms with E-state index >= 15 is 0 Å². The van der Waals surface area contributed by atoms with Crippen molar-refractivity contribution in [2.75, 3.05) is 32.7 Å². The van der Waals surface area contributed by atoms with E-state index < -0.39 is 0 Å². The van der Waals surface area contributed by atoms with Crippen molar-refractivity contribution in [2.24, 2.45) is 22.7 Å². The average Bonchev–Trinajstić information content (AvgIpc) is 3.56. The van der Waals surface area contributed by atoms with Gasteiger partial charge in [0.15, 0.2) is 0 Å². The van der Waals surface area contributed by atoms with Gasteiger partial charge in [-0.3, -0.25) is 9.88 Å². The molecule has 1 aliphatic heterocycles. The molecule has 0 radical (unpaired) electrons. The zero-order chi connectivity index (χ0) is 22.3. The molecule has 2 heterocycles. The van der Waals surface area contributed by atoms with Crippen LogP contribution < -0.4 is 0 Å². The van der Waals surface area contributed by atoms with Gasteiger partial charge in [-0.15, -0.1) is 0 Å². The second kappa shape index (κ2) is 8.63. The number of allylic oxidation sites excluding steroid dienone is 4. The average molecular weight is 434 g/mol. The van der Waals surface area contributed by atoms with Crippen molar-refractivity contribution in [3.05, 3.63) is 47.4 Å². The van der Waals surface area contributed by atoms with E-state index in [0.717, 1.165) is 12.3 Å². The Morgan fingerprint density at radius 1 is 0.938 bits per heavy atom. The van der Waals surface area contributed by atoms with Crippen molar-refractivity contribution in [2.45, 2.75) is 72.6 Å². The Morgan fingerprint density at radius 3 is 2.28 bits per heavy atom. The Hall–Kier alpha value is -1.61. The van der Waals surface area contributed by atoms with Gasteiger partial charge in [0, 0.05) is 44.6 Å². The molecule has 1 aromatic rings. The van der Waals surface area contributed by atoms with Gasteiger partial charge in [0.25, 0.3) is 0 Å². The number of pyridine rings is 1. The van der Waals surface area contributed by atoms with Crippen molar-refractivity contribution in [1.29, 1.82) is 0 Å². The Morgan fingerprint density at radius 2 is 1.66 bits per heavy atom. The summed E-state index contributed by atoms with van der Waals surface area (Å²) in [6.45, 7) is 16.2. The monoisotopic (exact) mass is 433 g/mol. The maximum atomic E-state index is 4.71. The number of hydrogen-bond donors (Lipinski definition) is 0. The standard InChI is InChI=1S/C29H43N3/c1-28(2)18-24(19-29(3,4)21-28)25-17-23(26-7-5-6-12-30-26)10-11-27(25)32-15-13-31(14-16-32)20-22-8-9-22/h5-7,12,17,22,24H,8-11,13-16,18-21H2,1-4H3. The first-order valence-electron chi connectivity index (χ1n) is 13.1. The van der Waals surface area contributed by atoms with E-state index in [0.29, 0.717) is 16.7 Å². The first-order chi connectivity index (χ1) is 15.3. The SMILES string of the molecule is CC1(C)CC(C2=C(N3CCN(CC4CC4)CC3)CCC(c3ccccn3)=C2)CC(C)(C)C1. The molecule has 3 fully saturated rings. The minimum atomic E-state index is 0.407. The molecule has 0 N–H and O–H groups in total. The van der Waals surface area contributed by atoms with Gasteiger partial charge in [0.05, 0.1) is 5.69 Å². The molecule has 0 bridgehead atoms. The van der Waals surface area contributed by atoms with Gasteiger partial charge in [-0.05, 0) is 90.9 Å². The van der Waals surface area contributed by atoms with Gasteiger partial charge in [-0.25, -0.2) is 0 Å². The van der Waals surface area contributed by atoms with Crippen molar-refractivity contribution in [3.8, 4) is 0 Å². The van der Waals surface area contributed by atoms with E-state index in [1.165, 1.54) is 82.5 Å². The van der Waals surface area contributed by atoms with Crippen molar-refractivity contribution in [3.63, 3.8) is 0 Å². The summed E-state index contributed by atoms with van der Waals surface area (Å²) in [5.74, 6) is 1.66. The van der Waals surface area contributed by atoms with E-state index in [4.69, 9.17) is 4.98 Å². The highest BCUT2D eigenvalue weighted by molar-refractivity contribution is 5.68. The minimum absolute atomic E-state index is 0.407. The molecule has 3 heteroatoms. The smallest absolute Gasteiger partial charge is 0.0661 e. The molecule has 32 heavy (non-hydrogen) atoms. The van der Waals surface area contributed by atoms with Crippen LogP contribution in [0, 0.1) is 22.7 Å². The van der Waals surface area contributed by atoms with Gasteiger partial charge in [0.1, 0.15) is 0 Å². The van der Waals surface area contributed by atoms with Crippen molar-refractivity contribution < 1.29 is 0 Å². The van der Waals surface area contributed by atoms with Crippen LogP contribution in [0.1, 0.15) is 78.3 Å². The summed E-state index contributed by atoms with van der Waals surface area (Å²) >= 11 is 0. The van der Waals surface area contributed by atoms with Crippen LogP contribution in [0.4, 0.5) is 0 Å². The van der Waals surface area contributed by atoms with E-state index in [9.17, 15) is 0 Å². The summed E-state index contributed by atoms with van der Waals surface area (Å²) in [5, 5.41) is 0.